The number of hydrogen-bond acceptors (Lipinski definition) is 4. The molecular weight excluding hydrogens is 428 g/mol. The Labute approximate surface area is 203 Å². The quantitative estimate of drug-likeness (QED) is 0.587. The molecule has 34 heavy (non-hydrogen) atoms. The lowest BCUT2D eigenvalue weighted by atomic mass is 9.37. The molecule has 0 amide bonds. The highest BCUT2D eigenvalue weighted by molar-refractivity contribution is 5.81. The summed E-state index contributed by atoms with van der Waals surface area (Å²) in [5.74, 6) is -1.07. The van der Waals surface area contributed by atoms with Gasteiger partial charge in [-0.25, -0.2) is 0 Å². The first-order valence-corrected chi connectivity index (χ1v) is 12.8. The lowest BCUT2D eigenvalue weighted by Gasteiger charge is -2.69. The van der Waals surface area contributed by atoms with Gasteiger partial charge in [0, 0.05) is 12.5 Å². The average Bonchev–Trinajstić information content (AvgIpc) is 2.79. The zero-order chi connectivity index (χ0) is 24.8. The van der Waals surface area contributed by atoms with Crippen molar-refractivity contribution in [3.63, 3.8) is 0 Å². The van der Waals surface area contributed by atoms with Crippen LogP contribution in [0.1, 0.15) is 75.1 Å². The highest BCUT2D eigenvalue weighted by atomic mass is 16.5. The second-order valence-corrected chi connectivity index (χ2v) is 12.3. The van der Waals surface area contributed by atoms with Crippen LogP contribution in [0.25, 0.3) is 5.57 Å². The zero-order valence-electron chi connectivity index (χ0n) is 21.4. The fourth-order valence-electron chi connectivity index (χ4n) is 9.29. The zero-order valence-corrected chi connectivity index (χ0v) is 21.4. The lowest BCUT2D eigenvalue weighted by molar-refractivity contribution is -0.245. The first-order valence-electron chi connectivity index (χ1n) is 12.8. The van der Waals surface area contributed by atoms with E-state index in [1.807, 2.05) is 7.11 Å². The van der Waals surface area contributed by atoms with Crippen LogP contribution < -0.4 is 0 Å². The number of ether oxygens (including phenoxy) is 1. The molecule has 0 heterocycles. The minimum absolute atomic E-state index is 0.148. The summed E-state index contributed by atoms with van der Waals surface area (Å²) in [6.45, 7) is 10.5. The number of carboxylic acid groups (broad SMARTS) is 1. The van der Waals surface area contributed by atoms with Crippen molar-refractivity contribution in [1.82, 2.24) is 0 Å². The SMILES string of the molecule is COC12CCc3ccc(C)c(C)c3C1=CCC1C3(C)CC(O)C(O)C(C)(C(=O)O)C3CCC12C. The Bertz CT molecular complexity index is 1080. The van der Waals surface area contributed by atoms with Gasteiger partial charge in [-0.2, -0.15) is 0 Å². The largest absolute Gasteiger partial charge is 0.481 e. The Balaban J connectivity index is 1.69. The van der Waals surface area contributed by atoms with Gasteiger partial charge < -0.3 is 20.1 Å². The third kappa shape index (κ3) is 2.64. The molecule has 8 unspecified atom stereocenters. The maximum Gasteiger partial charge on any atom is 0.312 e. The third-order valence-corrected chi connectivity index (χ3v) is 11.2. The molecule has 0 radical (unpaired) electrons. The molecule has 2 fully saturated rings. The van der Waals surface area contributed by atoms with E-state index >= 15 is 0 Å². The van der Waals surface area contributed by atoms with E-state index in [2.05, 4.69) is 45.9 Å². The molecule has 2 saturated carbocycles. The van der Waals surface area contributed by atoms with Crippen molar-refractivity contribution in [3.8, 4) is 0 Å². The summed E-state index contributed by atoms with van der Waals surface area (Å²) in [6.07, 6.45) is 4.70. The van der Waals surface area contributed by atoms with E-state index in [0.717, 1.165) is 25.7 Å². The predicted octanol–water partition coefficient (Wildman–Crippen LogP) is 4.68. The monoisotopic (exact) mass is 468 g/mol. The van der Waals surface area contributed by atoms with E-state index < -0.39 is 34.6 Å². The summed E-state index contributed by atoms with van der Waals surface area (Å²) in [4.78, 5) is 12.5. The number of carboxylic acids is 1. The lowest BCUT2D eigenvalue weighted by Crippen LogP contribution is -2.69. The van der Waals surface area contributed by atoms with Crippen molar-refractivity contribution in [1.29, 1.82) is 0 Å². The number of aliphatic hydroxyl groups is 2. The summed E-state index contributed by atoms with van der Waals surface area (Å²) >= 11 is 0. The molecule has 1 aromatic carbocycles. The summed E-state index contributed by atoms with van der Waals surface area (Å²) in [5.41, 5.74) is 4.20. The van der Waals surface area contributed by atoms with E-state index in [-0.39, 0.29) is 17.3 Å². The molecule has 3 N–H and O–H groups in total. The summed E-state index contributed by atoms with van der Waals surface area (Å²) in [5, 5.41) is 32.0. The molecular formula is C29H40O5. The van der Waals surface area contributed by atoms with Gasteiger partial charge in [-0.05, 0) is 104 Å². The minimum atomic E-state index is -1.37. The second-order valence-electron chi connectivity index (χ2n) is 12.3. The number of hydrogen-bond donors (Lipinski definition) is 3. The van der Waals surface area contributed by atoms with Gasteiger partial charge >= 0.3 is 5.97 Å². The van der Waals surface area contributed by atoms with Crippen molar-refractivity contribution >= 4 is 11.5 Å². The Morgan fingerprint density at radius 1 is 1.09 bits per heavy atom. The fraction of sp³-hybridized carbons (Fsp3) is 0.690. The number of benzene rings is 1. The molecule has 4 aliphatic carbocycles. The number of aliphatic carboxylic acids is 1. The highest BCUT2D eigenvalue weighted by Crippen LogP contribution is 2.71. The van der Waals surface area contributed by atoms with E-state index in [4.69, 9.17) is 4.74 Å². The van der Waals surface area contributed by atoms with Gasteiger partial charge in [0.1, 0.15) is 0 Å². The standard InChI is InChI=1S/C29H40O5/c1-16-7-8-18-11-14-29(34-6)19(23(18)17(16)2)9-10-21-26(3)15-20(30)24(31)28(5,25(32)33)22(26)12-13-27(21,29)4/h7-9,20-22,24,30-31H,10-15H2,1-6H3,(H,32,33). The number of aryl methyl sites for hydroxylation is 2. The van der Waals surface area contributed by atoms with Gasteiger partial charge in [0.05, 0.1) is 23.2 Å². The number of carbonyl (C=O) groups is 1. The topological polar surface area (TPSA) is 87.0 Å². The van der Waals surface area contributed by atoms with Gasteiger partial charge in [-0.1, -0.05) is 32.1 Å². The number of aliphatic hydroxyl groups excluding tert-OH is 2. The van der Waals surface area contributed by atoms with Gasteiger partial charge in [-0.15, -0.1) is 0 Å². The molecule has 4 aliphatic rings. The molecule has 1 aromatic rings. The summed E-state index contributed by atoms with van der Waals surface area (Å²) < 4.78 is 6.58. The van der Waals surface area contributed by atoms with E-state index in [0.29, 0.717) is 12.8 Å². The molecule has 186 valence electrons. The van der Waals surface area contributed by atoms with Crippen molar-refractivity contribution in [2.75, 3.05) is 7.11 Å². The van der Waals surface area contributed by atoms with Crippen LogP contribution >= 0.6 is 0 Å². The summed E-state index contributed by atoms with van der Waals surface area (Å²) in [7, 11) is 1.84. The van der Waals surface area contributed by atoms with Gasteiger partial charge in [0.2, 0.25) is 0 Å². The predicted molar refractivity (Wildman–Crippen MR) is 131 cm³/mol. The molecule has 8 atom stereocenters. The van der Waals surface area contributed by atoms with Crippen LogP contribution in [0.15, 0.2) is 18.2 Å². The Morgan fingerprint density at radius 2 is 1.79 bits per heavy atom. The molecule has 5 nitrogen and oxygen atoms in total. The molecule has 0 saturated heterocycles. The first kappa shape index (κ1) is 24.0. The van der Waals surface area contributed by atoms with Crippen LogP contribution in [-0.2, 0) is 16.0 Å². The van der Waals surface area contributed by atoms with Crippen LogP contribution in [-0.4, -0.2) is 46.2 Å². The molecule has 0 bridgehead atoms. The van der Waals surface area contributed by atoms with Crippen molar-refractivity contribution < 1.29 is 24.9 Å². The van der Waals surface area contributed by atoms with E-state index in [1.54, 1.807) is 6.92 Å². The van der Waals surface area contributed by atoms with Crippen LogP contribution in [0.2, 0.25) is 0 Å². The maximum atomic E-state index is 12.5. The Hall–Kier alpha value is -1.69. The summed E-state index contributed by atoms with van der Waals surface area (Å²) in [6, 6.07) is 4.48. The number of rotatable bonds is 2. The maximum absolute atomic E-state index is 12.5. The van der Waals surface area contributed by atoms with Gasteiger partial charge in [-0.3, -0.25) is 4.79 Å². The smallest absolute Gasteiger partial charge is 0.312 e. The van der Waals surface area contributed by atoms with Gasteiger partial charge in [0.15, 0.2) is 0 Å². The first-order chi connectivity index (χ1) is 15.9. The second kappa shape index (κ2) is 7.41. The Morgan fingerprint density at radius 3 is 2.44 bits per heavy atom. The van der Waals surface area contributed by atoms with Crippen molar-refractivity contribution in [2.45, 2.75) is 91.0 Å². The third-order valence-electron chi connectivity index (χ3n) is 11.2. The highest BCUT2D eigenvalue weighted by Gasteiger charge is 2.71. The van der Waals surface area contributed by atoms with Crippen LogP contribution in [0.4, 0.5) is 0 Å². The molecule has 5 heteroatoms. The number of fused-ring (bicyclic) bond motifs is 7. The fourth-order valence-corrected chi connectivity index (χ4v) is 9.29. The average molecular weight is 469 g/mol. The molecule has 0 spiro atoms. The Kier molecular flexibility index (Phi) is 5.23. The minimum Gasteiger partial charge on any atom is -0.481 e. The van der Waals surface area contributed by atoms with Crippen molar-refractivity contribution in [2.24, 2.45) is 28.1 Å². The van der Waals surface area contributed by atoms with Crippen LogP contribution in [0.3, 0.4) is 0 Å². The van der Waals surface area contributed by atoms with Crippen molar-refractivity contribution in [3.05, 3.63) is 40.5 Å². The van der Waals surface area contributed by atoms with Crippen LogP contribution in [0.5, 0.6) is 0 Å². The molecule has 5 rings (SSSR count). The van der Waals surface area contributed by atoms with Crippen LogP contribution in [0, 0.1) is 41.9 Å². The van der Waals surface area contributed by atoms with E-state index in [9.17, 15) is 20.1 Å². The molecule has 0 aliphatic heterocycles. The number of methoxy groups -OCH3 is 1. The normalized spacial score (nSPS) is 45.4. The van der Waals surface area contributed by atoms with Gasteiger partial charge in [0.25, 0.3) is 0 Å². The number of allylic oxidation sites excluding steroid dienone is 1. The molecule has 0 aromatic heterocycles. The van der Waals surface area contributed by atoms with E-state index in [1.165, 1.54) is 27.8 Å².